The molecule has 0 bridgehead atoms. The molecule has 0 amide bonds. The fourth-order valence-electron chi connectivity index (χ4n) is 1.18. The number of hydrogen-bond donors (Lipinski definition) is 1. The fourth-order valence-corrected chi connectivity index (χ4v) is 2.20. The number of nitrogens with one attached hydrogen (secondary N) is 1. The van der Waals surface area contributed by atoms with Crippen molar-refractivity contribution in [1.82, 2.24) is 10.3 Å². The Morgan fingerprint density at radius 1 is 1.57 bits per heavy atom. The van der Waals surface area contributed by atoms with E-state index in [1.54, 1.807) is 18.0 Å². The highest BCUT2D eigenvalue weighted by Crippen LogP contribution is 2.18. The maximum atomic E-state index is 5.26. The second kappa shape index (κ2) is 6.09. The minimum atomic E-state index is 0.553. The first-order chi connectivity index (χ1) is 6.76. The van der Waals surface area contributed by atoms with Crippen molar-refractivity contribution in [3.63, 3.8) is 0 Å². The van der Waals surface area contributed by atoms with Gasteiger partial charge in [-0.15, -0.1) is 0 Å². The second-order valence-corrected chi connectivity index (χ2v) is 4.20. The van der Waals surface area contributed by atoms with Crippen LogP contribution < -0.4 is 5.32 Å². The standard InChI is InChI=1S/C10H18N2OS/c1-4-9(11-5-2)7-14-10-12-8(3)6-13-10/h6,9,11H,4-5,7H2,1-3H3. The highest BCUT2D eigenvalue weighted by Gasteiger charge is 2.07. The monoisotopic (exact) mass is 214 g/mol. The van der Waals surface area contributed by atoms with Gasteiger partial charge in [-0.3, -0.25) is 0 Å². The van der Waals surface area contributed by atoms with Crippen LogP contribution in [0.15, 0.2) is 15.9 Å². The molecule has 4 heteroatoms. The van der Waals surface area contributed by atoms with Crippen LogP contribution in [0.25, 0.3) is 0 Å². The van der Waals surface area contributed by atoms with Gasteiger partial charge in [0.25, 0.3) is 5.22 Å². The first-order valence-electron chi connectivity index (χ1n) is 5.04. The van der Waals surface area contributed by atoms with E-state index in [9.17, 15) is 0 Å². The highest BCUT2D eigenvalue weighted by molar-refractivity contribution is 7.99. The quantitative estimate of drug-likeness (QED) is 0.738. The van der Waals surface area contributed by atoms with Crippen molar-refractivity contribution in [2.75, 3.05) is 12.3 Å². The van der Waals surface area contributed by atoms with Gasteiger partial charge in [0.05, 0.1) is 5.69 Å². The molecule has 1 aromatic heterocycles. The Hall–Kier alpha value is -0.480. The Labute approximate surface area is 89.7 Å². The second-order valence-electron chi connectivity index (χ2n) is 3.23. The number of oxazole rings is 1. The van der Waals surface area contributed by atoms with Crippen LogP contribution in [0.3, 0.4) is 0 Å². The molecule has 80 valence electrons. The van der Waals surface area contributed by atoms with Gasteiger partial charge in [0.2, 0.25) is 0 Å². The van der Waals surface area contributed by atoms with Crippen molar-refractivity contribution in [1.29, 1.82) is 0 Å². The Morgan fingerprint density at radius 2 is 2.36 bits per heavy atom. The van der Waals surface area contributed by atoms with Crippen LogP contribution in [0.2, 0.25) is 0 Å². The summed E-state index contributed by atoms with van der Waals surface area (Å²) < 4.78 is 5.26. The molecule has 0 saturated carbocycles. The molecule has 14 heavy (non-hydrogen) atoms. The predicted octanol–water partition coefficient (Wildman–Crippen LogP) is 2.46. The minimum Gasteiger partial charge on any atom is -0.440 e. The lowest BCUT2D eigenvalue weighted by molar-refractivity contribution is 0.452. The summed E-state index contributed by atoms with van der Waals surface area (Å²) >= 11 is 1.67. The van der Waals surface area contributed by atoms with E-state index in [1.165, 1.54) is 0 Å². The zero-order chi connectivity index (χ0) is 10.4. The topological polar surface area (TPSA) is 38.1 Å². The minimum absolute atomic E-state index is 0.553. The Morgan fingerprint density at radius 3 is 2.86 bits per heavy atom. The molecule has 1 rings (SSSR count). The van der Waals surface area contributed by atoms with Gasteiger partial charge in [0.15, 0.2) is 0 Å². The van der Waals surface area contributed by atoms with Crippen LogP contribution in [0.1, 0.15) is 26.0 Å². The van der Waals surface area contributed by atoms with Crippen LogP contribution >= 0.6 is 11.8 Å². The summed E-state index contributed by atoms with van der Waals surface area (Å²) in [7, 11) is 0. The molecular formula is C10H18N2OS. The van der Waals surface area contributed by atoms with Crippen molar-refractivity contribution in [3.05, 3.63) is 12.0 Å². The molecule has 3 nitrogen and oxygen atoms in total. The summed E-state index contributed by atoms with van der Waals surface area (Å²) in [6, 6.07) is 0.553. The van der Waals surface area contributed by atoms with Crippen molar-refractivity contribution < 1.29 is 4.42 Å². The van der Waals surface area contributed by atoms with Gasteiger partial charge in [0, 0.05) is 11.8 Å². The molecule has 1 atom stereocenters. The smallest absolute Gasteiger partial charge is 0.255 e. The molecule has 1 unspecified atom stereocenters. The van der Waals surface area contributed by atoms with Crippen molar-refractivity contribution in [2.45, 2.75) is 38.5 Å². The summed E-state index contributed by atoms with van der Waals surface area (Å²) in [6.07, 6.45) is 2.83. The van der Waals surface area contributed by atoms with Gasteiger partial charge in [-0.25, -0.2) is 4.98 Å². The lowest BCUT2D eigenvalue weighted by atomic mass is 10.2. The zero-order valence-electron chi connectivity index (χ0n) is 9.04. The van der Waals surface area contributed by atoms with Crippen LogP contribution in [0, 0.1) is 6.92 Å². The van der Waals surface area contributed by atoms with Crippen LogP contribution in [0.5, 0.6) is 0 Å². The van der Waals surface area contributed by atoms with E-state index in [4.69, 9.17) is 4.42 Å². The first kappa shape index (κ1) is 11.6. The van der Waals surface area contributed by atoms with Gasteiger partial charge < -0.3 is 9.73 Å². The van der Waals surface area contributed by atoms with E-state index in [0.29, 0.717) is 6.04 Å². The Kier molecular flexibility index (Phi) is 5.04. The maximum Gasteiger partial charge on any atom is 0.255 e. The summed E-state index contributed by atoms with van der Waals surface area (Å²) in [4.78, 5) is 4.25. The van der Waals surface area contributed by atoms with E-state index in [2.05, 4.69) is 24.1 Å². The maximum absolute atomic E-state index is 5.26. The molecule has 1 N–H and O–H groups in total. The van der Waals surface area contributed by atoms with E-state index < -0.39 is 0 Å². The normalized spacial score (nSPS) is 13.1. The molecular weight excluding hydrogens is 196 g/mol. The third-order valence-corrected chi connectivity index (χ3v) is 3.00. The largest absolute Gasteiger partial charge is 0.440 e. The zero-order valence-corrected chi connectivity index (χ0v) is 9.86. The van der Waals surface area contributed by atoms with Crippen molar-refractivity contribution in [2.24, 2.45) is 0 Å². The number of aryl methyl sites for hydroxylation is 1. The number of aromatic nitrogens is 1. The van der Waals surface area contributed by atoms with Crippen molar-refractivity contribution in [3.8, 4) is 0 Å². The summed E-state index contributed by atoms with van der Waals surface area (Å²) in [5.41, 5.74) is 0.948. The molecule has 0 radical (unpaired) electrons. The molecule has 0 spiro atoms. The molecule has 1 aromatic rings. The van der Waals surface area contributed by atoms with Gasteiger partial charge in [-0.1, -0.05) is 25.6 Å². The molecule has 0 aliphatic heterocycles. The van der Waals surface area contributed by atoms with Gasteiger partial charge in [0.1, 0.15) is 6.26 Å². The molecule has 0 aliphatic rings. The van der Waals surface area contributed by atoms with Crippen LogP contribution in [-0.4, -0.2) is 23.3 Å². The van der Waals surface area contributed by atoms with Gasteiger partial charge >= 0.3 is 0 Å². The lowest BCUT2D eigenvalue weighted by Crippen LogP contribution is -2.30. The van der Waals surface area contributed by atoms with Gasteiger partial charge in [-0.05, 0) is 19.9 Å². The summed E-state index contributed by atoms with van der Waals surface area (Å²) in [6.45, 7) is 7.27. The SMILES string of the molecule is CCNC(CC)CSc1nc(C)co1. The molecule has 0 aromatic carbocycles. The molecule has 0 fully saturated rings. The molecule has 1 heterocycles. The highest BCUT2D eigenvalue weighted by atomic mass is 32.2. The van der Waals surface area contributed by atoms with E-state index in [1.807, 2.05) is 6.92 Å². The van der Waals surface area contributed by atoms with E-state index >= 15 is 0 Å². The number of hydrogen-bond acceptors (Lipinski definition) is 4. The van der Waals surface area contributed by atoms with E-state index in [-0.39, 0.29) is 0 Å². The molecule has 0 saturated heterocycles. The molecule has 0 aliphatic carbocycles. The average Bonchev–Trinajstić information content (AvgIpc) is 2.59. The number of rotatable bonds is 6. The van der Waals surface area contributed by atoms with Gasteiger partial charge in [-0.2, -0.15) is 0 Å². The van der Waals surface area contributed by atoms with Crippen LogP contribution in [0.4, 0.5) is 0 Å². The van der Waals surface area contributed by atoms with Crippen LogP contribution in [-0.2, 0) is 0 Å². The van der Waals surface area contributed by atoms with Crippen molar-refractivity contribution >= 4 is 11.8 Å². The van der Waals surface area contributed by atoms with E-state index in [0.717, 1.165) is 29.6 Å². The first-order valence-corrected chi connectivity index (χ1v) is 6.03. The number of thioether (sulfide) groups is 1. The third kappa shape index (κ3) is 3.72. The summed E-state index contributed by atoms with van der Waals surface area (Å²) in [5, 5.41) is 4.20. The Balaban J connectivity index is 2.31. The number of nitrogens with zero attached hydrogens (tertiary/aromatic N) is 1. The summed E-state index contributed by atoms with van der Waals surface area (Å²) in [5.74, 6) is 1.02. The lowest BCUT2D eigenvalue weighted by Gasteiger charge is -2.13. The Bertz CT molecular complexity index is 262. The average molecular weight is 214 g/mol. The third-order valence-electron chi connectivity index (χ3n) is 1.99. The fraction of sp³-hybridized carbons (Fsp3) is 0.700. The predicted molar refractivity (Wildman–Crippen MR) is 59.7 cm³/mol.